The molecule has 1 atom stereocenters. The van der Waals surface area contributed by atoms with E-state index in [9.17, 15) is 8.42 Å². The number of thioether (sulfide) groups is 1. The molecule has 0 saturated carbocycles. The normalized spacial score (nSPS) is 13.3. The fraction of sp³-hybridized carbons (Fsp3) is 0.538. The highest BCUT2D eigenvalue weighted by Gasteiger charge is 2.09. The van der Waals surface area contributed by atoms with E-state index in [2.05, 4.69) is 23.7 Å². The predicted molar refractivity (Wildman–Crippen MR) is 81.3 cm³/mol. The average molecular weight is 287 g/mol. The van der Waals surface area contributed by atoms with Crippen molar-refractivity contribution in [3.05, 3.63) is 29.8 Å². The van der Waals surface area contributed by atoms with Crippen LogP contribution in [-0.2, 0) is 16.3 Å². The van der Waals surface area contributed by atoms with Gasteiger partial charge in [0, 0.05) is 18.0 Å². The smallest absolute Gasteiger partial charge is 0.149 e. The van der Waals surface area contributed by atoms with Crippen LogP contribution in [0.1, 0.15) is 12.5 Å². The maximum absolute atomic E-state index is 11.2. The Bertz CT molecular complexity index is 454. The fourth-order valence-corrected chi connectivity index (χ4v) is 3.20. The standard InChI is InChI=1S/C13H21NO2S2/c1-11(10-18(3,15)16)14-13-6-4-12(5-7-13)8-9-17-2/h4-7,11,14H,8-10H2,1-3H3. The quantitative estimate of drug-likeness (QED) is 0.836. The summed E-state index contributed by atoms with van der Waals surface area (Å²) in [5.74, 6) is 1.28. The first kappa shape index (κ1) is 15.4. The molecule has 0 aliphatic carbocycles. The summed E-state index contributed by atoms with van der Waals surface area (Å²) in [6, 6.07) is 8.12. The summed E-state index contributed by atoms with van der Waals surface area (Å²) in [6.45, 7) is 1.88. The van der Waals surface area contributed by atoms with Crippen LogP contribution in [0.4, 0.5) is 5.69 Å². The van der Waals surface area contributed by atoms with Crippen molar-refractivity contribution in [1.29, 1.82) is 0 Å². The zero-order valence-corrected chi connectivity index (χ0v) is 12.8. The van der Waals surface area contributed by atoms with Crippen molar-refractivity contribution in [1.82, 2.24) is 0 Å². The number of sulfone groups is 1. The monoisotopic (exact) mass is 287 g/mol. The lowest BCUT2D eigenvalue weighted by atomic mass is 10.1. The number of hydrogen-bond acceptors (Lipinski definition) is 4. The van der Waals surface area contributed by atoms with Crippen molar-refractivity contribution in [3.63, 3.8) is 0 Å². The molecule has 0 fully saturated rings. The molecule has 1 N–H and O–H groups in total. The van der Waals surface area contributed by atoms with Crippen LogP contribution in [0.3, 0.4) is 0 Å². The summed E-state index contributed by atoms with van der Waals surface area (Å²) in [6.07, 6.45) is 4.43. The maximum atomic E-state index is 11.2. The second-order valence-corrected chi connectivity index (χ2v) is 7.75. The van der Waals surface area contributed by atoms with Crippen LogP contribution in [0.5, 0.6) is 0 Å². The van der Waals surface area contributed by atoms with E-state index >= 15 is 0 Å². The second kappa shape index (κ2) is 7.04. The van der Waals surface area contributed by atoms with E-state index in [1.165, 1.54) is 11.8 Å². The molecule has 3 nitrogen and oxygen atoms in total. The van der Waals surface area contributed by atoms with Crippen molar-refractivity contribution in [2.75, 3.05) is 29.3 Å². The van der Waals surface area contributed by atoms with Crippen LogP contribution in [0, 0.1) is 0 Å². The van der Waals surface area contributed by atoms with Crippen LogP contribution in [0.15, 0.2) is 24.3 Å². The van der Waals surface area contributed by atoms with E-state index in [4.69, 9.17) is 0 Å². The Balaban J connectivity index is 2.53. The summed E-state index contributed by atoms with van der Waals surface area (Å²) in [7, 11) is -2.93. The molecule has 0 spiro atoms. The van der Waals surface area contributed by atoms with Crippen LogP contribution in [0.2, 0.25) is 0 Å². The first-order valence-electron chi connectivity index (χ1n) is 5.93. The van der Waals surface area contributed by atoms with Gasteiger partial charge < -0.3 is 5.32 Å². The van der Waals surface area contributed by atoms with Gasteiger partial charge in [-0.15, -0.1) is 0 Å². The van der Waals surface area contributed by atoms with Crippen molar-refractivity contribution >= 4 is 27.3 Å². The van der Waals surface area contributed by atoms with E-state index in [0.717, 1.165) is 17.9 Å². The topological polar surface area (TPSA) is 46.2 Å². The lowest BCUT2D eigenvalue weighted by Crippen LogP contribution is -2.24. The molecule has 0 saturated heterocycles. The molecule has 1 rings (SSSR count). The lowest BCUT2D eigenvalue weighted by Gasteiger charge is -2.14. The number of nitrogens with one attached hydrogen (secondary N) is 1. The van der Waals surface area contributed by atoms with Gasteiger partial charge in [0.25, 0.3) is 0 Å². The van der Waals surface area contributed by atoms with Crippen molar-refractivity contribution in [2.45, 2.75) is 19.4 Å². The molecule has 0 aliphatic rings. The van der Waals surface area contributed by atoms with Gasteiger partial charge in [-0.2, -0.15) is 11.8 Å². The van der Waals surface area contributed by atoms with Gasteiger partial charge in [0.1, 0.15) is 9.84 Å². The molecule has 0 amide bonds. The predicted octanol–water partition coefficient (Wildman–Crippen LogP) is 2.44. The van der Waals surface area contributed by atoms with Crippen molar-refractivity contribution in [2.24, 2.45) is 0 Å². The number of rotatable bonds is 7. The van der Waals surface area contributed by atoms with Crippen LogP contribution in [0.25, 0.3) is 0 Å². The van der Waals surface area contributed by atoms with E-state index in [-0.39, 0.29) is 11.8 Å². The molecule has 0 aliphatic heterocycles. The Morgan fingerprint density at radius 1 is 1.28 bits per heavy atom. The Hall–Kier alpha value is -0.680. The van der Waals surface area contributed by atoms with Crippen molar-refractivity contribution in [3.8, 4) is 0 Å². The largest absolute Gasteiger partial charge is 0.382 e. The zero-order chi connectivity index (χ0) is 13.6. The summed E-state index contributed by atoms with van der Waals surface area (Å²) in [4.78, 5) is 0. The molecule has 1 unspecified atom stereocenters. The van der Waals surface area contributed by atoms with Gasteiger partial charge in [0.05, 0.1) is 5.75 Å². The maximum Gasteiger partial charge on any atom is 0.149 e. The van der Waals surface area contributed by atoms with Crippen molar-refractivity contribution < 1.29 is 8.42 Å². The molecular weight excluding hydrogens is 266 g/mol. The van der Waals surface area contributed by atoms with E-state index in [0.29, 0.717) is 0 Å². The molecule has 1 aromatic carbocycles. The first-order chi connectivity index (χ1) is 8.40. The summed E-state index contributed by atoms with van der Waals surface area (Å²) >= 11 is 1.84. The average Bonchev–Trinajstić information content (AvgIpc) is 2.25. The molecule has 0 radical (unpaired) electrons. The second-order valence-electron chi connectivity index (χ2n) is 4.58. The lowest BCUT2D eigenvalue weighted by molar-refractivity contribution is 0.598. The molecule has 0 bridgehead atoms. The molecular formula is C13H21NO2S2. The van der Waals surface area contributed by atoms with Gasteiger partial charge >= 0.3 is 0 Å². The van der Waals surface area contributed by atoms with Crippen LogP contribution >= 0.6 is 11.8 Å². The highest BCUT2D eigenvalue weighted by atomic mass is 32.2. The summed E-state index contributed by atoms with van der Waals surface area (Å²) in [5.41, 5.74) is 2.28. The molecule has 5 heteroatoms. The van der Waals surface area contributed by atoms with Crippen LogP contribution < -0.4 is 5.32 Å². The van der Waals surface area contributed by atoms with Gasteiger partial charge in [-0.05, 0) is 43.0 Å². The Morgan fingerprint density at radius 3 is 2.39 bits per heavy atom. The zero-order valence-electron chi connectivity index (χ0n) is 11.1. The minimum Gasteiger partial charge on any atom is -0.382 e. The fourth-order valence-electron chi connectivity index (χ4n) is 1.77. The van der Waals surface area contributed by atoms with E-state index < -0.39 is 9.84 Å². The SMILES string of the molecule is CSCCc1ccc(NC(C)CS(C)(=O)=O)cc1. The minimum absolute atomic E-state index is 0.0722. The van der Waals surface area contributed by atoms with Gasteiger partial charge in [-0.25, -0.2) is 8.42 Å². The Labute approximate surface area is 114 Å². The van der Waals surface area contributed by atoms with E-state index in [1.54, 1.807) is 0 Å². The summed E-state index contributed by atoms with van der Waals surface area (Å²) in [5, 5.41) is 3.20. The van der Waals surface area contributed by atoms with Gasteiger partial charge in [-0.3, -0.25) is 0 Å². The number of hydrogen-bond donors (Lipinski definition) is 1. The van der Waals surface area contributed by atoms with Gasteiger partial charge in [0.2, 0.25) is 0 Å². The molecule has 0 heterocycles. The Morgan fingerprint density at radius 2 is 1.89 bits per heavy atom. The molecule has 18 heavy (non-hydrogen) atoms. The molecule has 0 aromatic heterocycles. The highest BCUT2D eigenvalue weighted by Crippen LogP contribution is 2.12. The highest BCUT2D eigenvalue weighted by molar-refractivity contribution is 7.98. The molecule has 102 valence electrons. The van der Waals surface area contributed by atoms with Gasteiger partial charge in [-0.1, -0.05) is 12.1 Å². The van der Waals surface area contributed by atoms with E-state index in [1.807, 2.05) is 30.8 Å². The molecule has 1 aromatic rings. The first-order valence-corrected chi connectivity index (χ1v) is 9.38. The minimum atomic E-state index is -2.93. The third-order valence-corrected chi connectivity index (χ3v) is 4.23. The number of aryl methyl sites for hydroxylation is 1. The number of benzene rings is 1. The number of anilines is 1. The summed E-state index contributed by atoms with van der Waals surface area (Å²) < 4.78 is 22.3. The van der Waals surface area contributed by atoms with Gasteiger partial charge in [0.15, 0.2) is 0 Å². The van der Waals surface area contributed by atoms with Crippen LogP contribution in [-0.4, -0.2) is 38.5 Å². The third kappa shape index (κ3) is 6.31. The Kier molecular flexibility index (Phi) is 6.02. The third-order valence-electron chi connectivity index (χ3n) is 2.51.